The van der Waals surface area contributed by atoms with Crippen LogP contribution in [0.15, 0.2) is 152 Å². The van der Waals surface area contributed by atoms with Crippen LogP contribution >= 0.6 is 0 Å². The lowest BCUT2D eigenvalue weighted by molar-refractivity contribution is 0.632. The van der Waals surface area contributed by atoms with Crippen LogP contribution < -0.4 is 4.90 Å². The summed E-state index contributed by atoms with van der Waals surface area (Å²) < 4.78 is 4.77. The summed E-state index contributed by atoms with van der Waals surface area (Å²) in [6.07, 6.45) is 2.20. The second kappa shape index (κ2) is 9.23. The van der Waals surface area contributed by atoms with Crippen LogP contribution in [0.1, 0.15) is 25.0 Å². The fraction of sp³-hybridized carbons (Fsp3) is 0.0732. The lowest BCUT2D eigenvalue weighted by Crippen LogP contribution is -2.30. The molecule has 44 heavy (non-hydrogen) atoms. The first kappa shape index (κ1) is 25.0. The van der Waals surface area contributed by atoms with Crippen LogP contribution in [-0.2, 0) is 5.41 Å². The molecule has 210 valence electrons. The Balaban J connectivity index is 1.37. The van der Waals surface area contributed by atoms with Crippen molar-refractivity contribution in [3.63, 3.8) is 0 Å². The number of fused-ring (bicyclic) bond motifs is 7. The molecule has 3 heteroatoms. The smallest absolute Gasteiger partial charge is 0.0788 e. The molecule has 0 spiro atoms. The number of anilines is 3. The summed E-state index contributed by atoms with van der Waals surface area (Å²) in [7, 11) is 0. The van der Waals surface area contributed by atoms with E-state index in [4.69, 9.17) is 0 Å². The second-order valence-corrected chi connectivity index (χ2v) is 12.3. The van der Waals surface area contributed by atoms with Gasteiger partial charge in [0.25, 0.3) is 0 Å². The molecule has 6 aromatic carbocycles. The van der Waals surface area contributed by atoms with E-state index in [2.05, 4.69) is 180 Å². The van der Waals surface area contributed by atoms with Crippen LogP contribution in [0.4, 0.5) is 17.1 Å². The third kappa shape index (κ3) is 3.44. The van der Waals surface area contributed by atoms with Gasteiger partial charge in [-0.1, -0.05) is 98.8 Å². The molecule has 1 aliphatic rings. The molecule has 3 heterocycles. The average molecular weight is 566 g/mol. The molecule has 0 atom stereocenters. The maximum atomic E-state index is 2.45. The summed E-state index contributed by atoms with van der Waals surface area (Å²) in [5.74, 6) is 0. The van der Waals surface area contributed by atoms with E-state index in [1.54, 1.807) is 0 Å². The molecule has 3 nitrogen and oxygen atoms in total. The number of rotatable bonds is 3. The van der Waals surface area contributed by atoms with Crippen molar-refractivity contribution in [3.05, 3.63) is 163 Å². The third-order valence-electron chi connectivity index (χ3n) is 9.50. The van der Waals surface area contributed by atoms with Gasteiger partial charge in [0, 0.05) is 44.8 Å². The van der Waals surface area contributed by atoms with E-state index in [1.165, 1.54) is 60.9 Å². The molecule has 0 amide bonds. The largest absolute Gasteiger partial charge is 0.315 e. The highest BCUT2D eigenvalue weighted by Crippen LogP contribution is 2.52. The standard InChI is InChI=1S/C41H31N3/c1-41(2)34-17-9-11-19-37(34)43(38-20-12-10-18-35(38)41)31-22-24-36-33(27-31)32-23-21-28-25-26-42(29-13-5-3-6-14-29)39(28)40(32)44(36)30-15-7-4-8-16-30/h3-27H,1-2H3. The number of para-hydroxylation sites is 4. The van der Waals surface area contributed by atoms with E-state index in [0.29, 0.717) is 0 Å². The monoisotopic (exact) mass is 565 g/mol. The Bertz CT molecular complexity index is 2310. The lowest BCUT2D eigenvalue weighted by atomic mass is 9.73. The SMILES string of the molecule is CC1(C)c2ccccc2N(c2ccc3c(c2)c2ccc4ccn(-c5ccccc5)c4c2n3-c2ccccc2)c2ccccc21. The summed E-state index contributed by atoms with van der Waals surface area (Å²) in [5.41, 5.74) is 12.2. The van der Waals surface area contributed by atoms with E-state index < -0.39 is 0 Å². The van der Waals surface area contributed by atoms with Crippen molar-refractivity contribution in [1.82, 2.24) is 9.13 Å². The predicted molar refractivity (Wildman–Crippen MR) is 184 cm³/mol. The zero-order valence-corrected chi connectivity index (χ0v) is 24.8. The minimum atomic E-state index is -0.0917. The Morgan fingerprint density at radius 2 is 1.09 bits per heavy atom. The highest BCUT2D eigenvalue weighted by molar-refractivity contribution is 6.19. The summed E-state index contributed by atoms with van der Waals surface area (Å²) in [5, 5.41) is 3.71. The zero-order chi connectivity index (χ0) is 29.4. The van der Waals surface area contributed by atoms with E-state index in [1.807, 2.05) is 0 Å². The van der Waals surface area contributed by atoms with Gasteiger partial charge in [-0.05, 0) is 71.8 Å². The van der Waals surface area contributed by atoms with E-state index >= 15 is 0 Å². The van der Waals surface area contributed by atoms with Gasteiger partial charge in [-0.15, -0.1) is 0 Å². The van der Waals surface area contributed by atoms with Crippen molar-refractivity contribution >= 4 is 49.8 Å². The molecule has 0 N–H and O–H groups in total. The van der Waals surface area contributed by atoms with Crippen LogP contribution in [0.5, 0.6) is 0 Å². The molecule has 0 aliphatic carbocycles. The van der Waals surface area contributed by atoms with Gasteiger partial charge in [-0.2, -0.15) is 0 Å². The van der Waals surface area contributed by atoms with E-state index in [0.717, 1.165) is 11.4 Å². The molecule has 0 fully saturated rings. The van der Waals surface area contributed by atoms with Gasteiger partial charge in [-0.3, -0.25) is 0 Å². The van der Waals surface area contributed by atoms with Crippen LogP contribution in [0, 0.1) is 0 Å². The molecule has 8 aromatic rings. The van der Waals surface area contributed by atoms with Gasteiger partial charge in [0.05, 0.1) is 27.9 Å². The fourth-order valence-electron chi connectivity index (χ4n) is 7.45. The molecular formula is C41H31N3. The van der Waals surface area contributed by atoms with Crippen LogP contribution in [0.3, 0.4) is 0 Å². The van der Waals surface area contributed by atoms with Crippen molar-refractivity contribution in [3.8, 4) is 11.4 Å². The Morgan fingerprint density at radius 3 is 1.77 bits per heavy atom. The normalized spacial score (nSPS) is 13.8. The number of benzene rings is 6. The topological polar surface area (TPSA) is 13.1 Å². The third-order valence-corrected chi connectivity index (χ3v) is 9.50. The number of hydrogen-bond acceptors (Lipinski definition) is 1. The summed E-state index contributed by atoms with van der Waals surface area (Å²) in [4.78, 5) is 2.45. The minimum absolute atomic E-state index is 0.0917. The van der Waals surface area contributed by atoms with Crippen LogP contribution in [0.2, 0.25) is 0 Å². The van der Waals surface area contributed by atoms with Gasteiger partial charge in [0.2, 0.25) is 0 Å². The first-order valence-corrected chi connectivity index (χ1v) is 15.3. The molecule has 0 saturated carbocycles. The van der Waals surface area contributed by atoms with Gasteiger partial charge < -0.3 is 14.0 Å². The van der Waals surface area contributed by atoms with Crippen molar-refractivity contribution in [2.24, 2.45) is 0 Å². The van der Waals surface area contributed by atoms with E-state index in [9.17, 15) is 0 Å². The highest BCUT2D eigenvalue weighted by Gasteiger charge is 2.36. The highest BCUT2D eigenvalue weighted by atomic mass is 15.2. The molecular weight excluding hydrogens is 534 g/mol. The van der Waals surface area contributed by atoms with Crippen molar-refractivity contribution in [1.29, 1.82) is 0 Å². The Morgan fingerprint density at radius 1 is 0.477 bits per heavy atom. The molecule has 0 saturated heterocycles. The number of aromatic nitrogens is 2. The van der Waals surface area contributed by atoms with Crippen molar-refractivity contribution < 1.29 is 0 Å². The fourth-order valence-corrected chi connectivity index (χ4v) is 7.45. The average Bonchev–Trinajstić information content (AvgIpc) is 3.65. The summed E-state index contributed by atoms with van der Waals surface area (Å²) in [6.45, 7) is 4.68. The number of nitrogens with zero attached hydrogens (tertiary/aromatic N) is 3. The van der Waals surface area contributed by atoms with Gasteiger partial charge in [-0.25, -0.2) is 0 Å². The zero-order valence-electron chi connectivity index (χ0n) is 24.8. The van der Waals surface area contributed by atoms with Crippen LogP contribution in [0.25, 0.3) is 44.1 Å². The number of hydrogen-bond donors (Lipinski definition) is 0. The molecule has 2 aromatic heterocycles. The molecule has 0 bridgehead atoms. The first-order chi connectivity index (χ1) is 21.6. The Hall–Kier alpha value is -5.54. The Kier molecular flexibility index (Phi) is 5.24. The van der Waals surface area contributed by atoms with Crippen molar-refractivity contribution in [2.75, 3.05) is 4.90 Å². The van der Waals surface area contributed by atoms with Gasteiger partial charge >= 0.3 is 0 Å². The first-order valence-electron chi connectivity index (χ1n) is 15.3. The second-order valence-electron chi connectivity index (χ2n) is 12.3. The molecule has 9 rings (SSSR count). The lowest BCUT2D eigenvalue weighted by Gasteiger charge is -2.42. The van der Waals surface area contributed by atoms with E-state index in [-0.39, 0.29) is 5.41 Å². The van der Waals surface area contributed by atoms with Gasteiger partial charge in [0.1, 0.15) is 0 Å². The predicted octanol–water partition coefficient (Wildman–Crippen LogP) is 10.8. The molecule has 0 unspecified atom stereocenters. The Labute approximate surface area is 256 Å². The summed E-state index contributed by atoms with van der Waals surface area (Å²) in [6, 6.07) is 52.9. The quantitative estimate of drug-likeness (QED) is 0.208. The van der Waals surface area contributed by atoms with Crippen molar-refractivity contribution in [2.45, 2.75) is 19.3 Å². The maximum Gasteiger partial charge on any atom is 0.0788 e. The van der Waals surface area contributed by atoms with Gasteiger partial charge in [0.15, 0.2) is 0 Å². The minimum Gasteiger partial charge on any atom is -0.315 e. The molecule has 1 aliphatic heterocycles. The molecule has 0 radical (unpaired) electrons. The summed E-state index contributed by atoms with van der Waals surface area (Å²) >= 11 is 0. The van der Waals surface area contributed by atoms with Crippen LogP contribution in [-0.4, -0.2) is 9.13 Å². The maximum absolute atomic E-state index is 2.45.